The number of hydrogen-bond acceptors (Lipinski definition) is 3. The van der Waals surface area contributed by atoms with Gasteiger partial charge in [0.05, 0.1) is 0 Å². The van der Waals surface area contributed by atoms with Crippen LogP contribution in [-0.2, 0) is 13.8 Å². The minimum Gasteiger partial charge on any atom is -0.280 e. The van der Waals surface area contributed by atoms with Crippen LogP contribution < -0.4 is 0 Å². The molecule has 0 aromatic rings. The van der Waals surface area contributed by atoms with Gasteiger partial charge in [0.15, 0.2) is 0 Å². The zero-order chi connectivity index (χ0) is 7.49. The molecular weight excluding hydrogens is 164 g/mol. The molecule has 3 nitrogen and oxygen atoms in total. The average molecular weight is 171 g/mol. The van der Waals surface area contributed by atoms with E-state index >= 15 is 0 Å². The van der Waals surface area contributed by atoms with E-state index in [1.54, 1.807) is 6.92 Å². The summed E-state index contributed by atoms with van der Waals surface area (Å²) in [7, 11) is 0.753. The zero-order valence-electron chi connectivity index (χ0n) is 4.93. The molecule has 0 saturated carbocycles. The molecule has 0 unspecified atom stereocenters. The van der Waals surface area contributed by atoms with Gasteiger partial charge >= 0.3 is 0 Å². The van der Waals surface area contributed by atoms with Crippen molar-refractivity contribution in [3.8, 4) is 0 Å². The highest BCUT2D eigenvalue weighted by Crippen LogP contribution is 2.02. The molecule has 0 heterocycles. The summed E-state index contributed by atoms with van der Waals surface area (Å²) >= 11 is 0. The molecule has 0 aliphatic heterocycles. The Labute approximate surface area is 58.4 Å². The SMILES string of the molecule is CCCC(=O)S(=O)(=O)Cl. The Morgan fingerprint density at radius 1 is 1.56 bits per heavy atom. The van der Waals surface area contributed by atoms with Crippen molar-refractivity contribution < 1.29 is 13.2 Å². The minimum atomic E-state index is -3.93. The molecule has 0 atom stereocenters. The lowest BCUT2D eigenvalue weighted by molar-refractivity contribution is -0.111. The second kappa shape index (κ2) is 3.17. The van der Waals surface area contributed by atoms with Crippen LogP contribution in [0.1, 0.15) is 19.8 Å². The molecule has 9 heavy (non-hydrogen) atoms. The number of carbonyl (C=O) groups excluding carboxylic acids is 1. The van der Waals surface area contributed by atoms with Crippen molar-refractivity contribution in [2.45, 2.75) is 19.8 Å². The van der Waals surface area contributed by atoms with E-state index in [1.165, 1.54) is 0 Å². The van der Waals surface area contributed by atoms with Gasteiger partial charge in [-0.05, 0) is 6.42 Å². The molecule has 0 fully saturated rings. The van der Waals surface area contributed by atoms with Gasteiger partial charge in [0.25, 0.3) is 14.2 Å². The van der Waals surface area contributed by atoms with Gasteiger partial charge in [-0.15, -0.1) is 0 Å². The van der Waals surface area contributed by atoms with E-state index < -0.39 is 14.2 Å². The van der Waals surface area contributed by atoms with Crippen molar-refractivity contribution in [3.63, 3.8) is 0 Å². The summed E-state index contributed by atoms with van der Waals surface area (Å²) < 4.78 is 20.3. The summed E-state index contributed by atoms with van der Waals surface area (Å²) in [4.78, 5) is 10.3. The smallest absolute Gasteiger partial charge is 0.280 e. The lowest BCUT2D eigenvalue weighted by atomic mass is 10.4. The zero-order valence-corrected chi connectivity index (χ0v) is 6.50. The monoisotopic (exact) mass is 170 g/mol. The molecule has 54 valence electrons. The molecule has 0 saturated heterocycles. The summed E-state index contributed by atoms with van der Waals surface area (Å²) in [6.45, 7) is 1.71. The van der Waals surface area contributed by atoms with E-state index in [2.05, 4.69) is 10.7 Å². The summed E-state index contributed by atoms with van der Waals surface area (Å²) in [5.74, 6) is 0. The second-order valence-electron chi connectivity index (χ2n) is 1.56. The van der Waals surface area contributed by atoms with E-state index in [0.29, 0.717) is 6.42 Å². The maximum Gasteiger partial charge on any atom is 0.294 e. The van der Waals surface area contributed by atoms with E-state index in [9.17, 15) is 13.2 Å². The Morgan fingerprint density at radius 3 is 2.11 bits per heavy atom. The fraction of sp³-hybridized carbons (Fsp3) is 0.750. The van der Waals surface area contributed by atoms with E-state index in [1.807, 2.05) is 0 Å². The van der Waals surface area contributed by atoms with Crippen molar-refractivity contribution in [3.05, 3.63) is 0 Å². The van der Waals surface area contributed by atoms with Crippen LogP contribution in [0.5, 0.6) is 0 Å². The first-order valence-corrected chi connectivity index (χ1v) is 4.77. The molecule has 0 spiro atoms. The first kappa shape index (κ1) is 8.91. The van der Waals surface area contributed by atoms with Crippen molar-refractivity contribution >= 4 is 24.8 Å². The number of carbonyl (C=O) groups is 1. The first-order valence-electron chi connectivity index (χ1n) is 2.46. The molecule has 0 aliphatic rings. The van der Waals surface area contributed by atoms with Crippen LogP contribution in [0.15, 0.2) is 0 Å². The van der Waals surface area contributed by atoms with Gasteiger partial charge in [-0.3, -0.25) is 4.79 Å². The van der Waals surface area contributed by atoms with Crippen LogP contribution in [0.25, 0.3) is 0 Å². The third-order valence-corrected chi connectivity index (χ3v) is 1.99. The van der Waals surface area contributed by atoms with Gasteiger partial charge in [-0.1, -0.05) is 6.92 Å². The highest BCUT2D eigenvalue weighted by Gasteiger charge is 2.15. The van der Waals surface area contributed by atoms with Crippen molar-refractivity contribution in [2.75, 3.05) is 0 Å². The molecule has 0 rings (SSSR count). The van der Waals surface area contributed by atoms with Gasteiger partial charge in [-0.2, -0.15) is 0 Å². The molecule has 0 N–H and O–H groups in total. The lowest BCUT2D eigenvalue weighted by Crippen LogP contribution is -2.06. The molecular formula is C4H7ClO3S. The Hall–Kier alpha value is -0.0900. The fourth-order valence-electron chi connectivity index (χ4n) is 0.326. The third kappa shape index (κ3) is 3.48. The van der Waals surface area contributed by atoms with E-state index in [4.69, 9.17) is 0 Å². The highest BCUT2D eigenvalue weighted by molar-refractivity contribution is 8.25. The standard InChI is InChI=1S/C4H7ClO3S/c1-2-3-4(6)9(5,7)8/h2-3H2,1H3. The van der Waals surface area contributed by atoms with Crippen LogP contribution in [0.4, 0.5) is 0 Å². The average Bonchev–Trinajstić information content (AvgIpc) is 1.64. The summed E-state index contributed by atoms with van der Waals surface area (Å²) in [5, 5.41) is -0.897. The molecule has 0 amide bonds. The van der Waals surface area contributed by atoms with Gasteiger partial charge in [0.1, 0.15) is 0 Å². The van der Waals surface area contributed by atoms with Crippen molar-refractivity contribution in [2.24, 2.45) is 0 Å². The van der Waals surface area contributed by atoms with E-state index in [-0.39, 0.29) is 6.42 Å². The van der Waals surface area contributed by atoms with Crippen LogP contribution in [-0.4, -0.2) is 13.5 Å². The predicted molar refractivity (Wildman–Crippen MR) is 34.7 cm³/mol. The Balaban J connectivity index is 4.08. The van der Waals surface area contributed by atoms with Crippen molar-refractivity contribution in [1.29, 1.82) is 0 Å². The van der Waals surface area contributed by atoms with E-state index in [0.717, 1.165) is 0 Å². The van der Waals surface area contributed by atoms with Crippen LogP contribution >= 0.6 is 10.7 Å². The maximum atomic E-state index is 10.3. The van der Waals surface area contributed by atoms with Gasteiger partial charge < -0.3 is 0 Å². The normalized spacial score (nSPS) is 11.3. The molecule has 0 aliphatic carbocycles. The third-order valence-electron chi connectivity index (χ3n) is 0.726. The molecule has 0 aromatic carbocycles. The quantitative estimate of drug-likeness (QED) is 0.579. The number of hydrogen-bond donors (Lipinski definition) is 0. The van der Waals surface area contributed by atoms with Crippen LogP contribution in [0.3, 0.4) is 0 Å². The summed E-state index contributed by atoms with van der Waals surface area (Å²) in [6, 6.07) is 0. The van der Waals surface area contributed by atoms with Gasteiger partial charge in [0, 0.05) is 17.1 Å². The molecule has 0 aromatic heterocycles. The Bertz CT molecular complexity index is 194. The highest BCUT2D eigenvalue weighted by atomic mass is 35.7. The lowest BCUT2D eigenvalue weighted by Gasteiger charge is -1.88. The maximum absolute atomic E-state index is 10.3. The Kier molecular flexibility index (Phi) is 3.14. The molecule has 5 heteroatoms. The molecule has 0 bridgehead atoms. The summed E-state index contributed by atoms with van der Waals surface area (Å²) in [5.41, 5.74) is 0. The minimum absolute atomic E-state index is 0.00579. The largest absolute Gasteiger partial charge is 0.294 e. The number of rotatable bonds is 2. The van der Waals surface area contributed by atoms with Gasteiger partial charge in [0.2, 0.25) is 0 Å². The first-order chi connectivity index (χ1) is 3.98. The van der Waals surface area contributed by atoms with Crippen molar-refractivity contribution in [1.82, 2.24) is 0 Å². The Morgan fingerprint density at radius 2 is 2.00 bits per heavy atom. The van der Waals surface area contributed by atoms with Gasteiger partial charge in [-0.25, -0.2) is 8.42 Å². The predicted octanol–water partition coefficient (Wildman–Crippen LogP) is 0.882. The second-order valence-corrected chi connectivity index (χ2v) is 4.11. The van der Waals surface area contributed by atoms with Crippen LogP contribution in [0.2, 0.25) is 0 Å². The molecule has 0 radical (unpaired) electrons. The number of halogens is 1. The summed E-state index contributed by atoms with van der Waals surface area (Å²) in [6.07, 6.45) is 0.511. The van der Waals surface area contributed by atoms with Crippen LogP contribution in [0, 0.1) is 0 Å². The fourth-order valence-corrected chi connectivity index (χ4v) is 1.01. The topological polar surface area (TPSA) is 51.2 Å².